The van der Waals surface area contributed by atoms with Crippen molar-refractivity contribution >= 4 is 44.8 Å². The van der Waals surface area contributed by atoms with Crippen molar-refractivity contribution in [3.8, 4) is 11.1 Å². The molecule has 1 aliphatic carbocycles. The van der Waals surface area contributed by atoms with Crippen molar-refractivity contribution in [3.63, 3.8) is 0 Å². The summed E-state index contributed by atoms with van der Waals surface area (Å²) in [4.78, 5) is 5.10. The quantitative estimate of drug-likeness (QED) is 0.197. The van der Waals surface area contributed by atoms with Crippen LogP contribution in [0, 0.1) is 0 Å². The maximum absolute atomic E-state index is 3.80. The van der Waals surface area contributed by atoms with Crippen molar-refractivity contribution < 1.29 is 0 Å². The molecule has 0 saturated carbocycles. The first-order valence-electron chi connectivity index (χ1n) is 13.3. The highest BCUT2D eigenvalue weighted by Gasteiger charge is 2.42. The standard InChI is InChI=1S/C33H32BrNS/c1-3-5-19-33(20-6-4-2)27-21-23(34)15-17-25(27)26-18-16-24(22-28(26)33)35-29-11-7-9-13-31(29)36-32-14-10-8-12-30(32)35/h7-18,21-22H,3-6,19-20H2,1-2H3. The summed E-state index contributed by atoms with van der Waals surface area (Å²) in [5.41, 5.74) is 9.74. The van der Waals surface area contributed by atoms with Gasteiger partial charge in [0.1, 0.15) is 0 Å². The fraction of sp³-hybridized carbons (Fsp3) is 0.273. The molecule has 0 saturated heterocycles. The minimum atomic E-state index is 0.0695. The molecule has 1 aliphatic heterocycles. The van der Waals surface area contributed by atoms with E-state index in [9.17, 15) is 0 Å². The van der Waals surface area contributed by atoms with E-state index in [1.807, 2.05) is 11.8 Å². The first-order chi connectivity index (χ1) is 17.7. The van der Waals surface area contributed by atoms with Crippen LogP contribution in [-0.2, 0) is 5.41 Å². The van der Waals surface area contributed by atoms with Crippen LogP contribution >= 0.6 is 27.7 Å². The molecule has 0 aromatic heterocycles. The van der Waals surface area contributed by atoms with E-state index in [4.69, 9.17) is 0 Å². The Kier molecular flexibility index (Phi) is 6.47. The molecule has 1 nitrogen and oxygen atoms in total. The van der Waals surface area contributed by atoms with Gasteiger partial charge in [0.2, 0.25) is 0 Å². The number of fused-ring (bicyclic) bond motifs is 5. The van der Waals surface area contributed by atoms with Gasteiger partial charge in [0.15, 0.2) is 0 Å². The summed E-state index contributed by atoms with van der Waals surface area (Å²) >= 11 is 5.67. The summed E-state index contributed by atoms with van der Waals surface area (Å²) in [6.45, 7) is 4.64. The Labute approximate surface area is 228 Å². The highest BCUT2D eigenvalue weighted by atomic mass is 79.9. The van der Waals surface area contributed by atoms with Crippen LogP contribution in [-0.4, -0.2) is 0 Å². The van der Waals surface area contributed by atoms with Crippen LogP contribution in [0.25, 0.3) is 11.1 Å². The lowest BCUT2D eigenvalue weighted by molar-refractivity contribution is 0.414. The van der Waals surface area contributed by atoms with E-state index in [2.05, 4.69) is 120 Å². The van der Waals surface area contributed by atoms with E-state index in [0.29, 0.717) is 0 Å². The molecule has 36 heavy (non-hydrogen) atoms. The summed E-state index contributed by atoms with van der Waals surface area (Å²) in [5, 5.41) is 0. The third kappa shape index (κ3) is 3.83. The molecule has 0 N–H and O–H groups in total. The Morgan fingerprint density at radius 3 is 1.86 bits per heavy atom. The number of halogens is 1. The molecule has 3 heteroatoms. The maximum Gasteiger partial charge on any atom is 0.0601 e. The zero-order chi connectivity index (χ0) is 24.7. The normalized spacial score (nSPS) is 14.7. The van der Waals surface area contributed by atoms with E-state index < -0.39 is 0 Å². The molecule has 2 aliphatic rings. The number of para-hydroxylation sites is 2. The zero-order valence-corrected chi connectivity index (χ0v) is 23.5. The monoisotopic (exact) mass is 553 g/mol. The molecular formula is C33H32BrNS. The highest BCUT2D eigenvalue weighted by Crippen LogP contribution is 2.57. The molecule has 0 fully saturated rings. The molecule has 0 unspecified atom stereocenters. The predicted molar refractivity (Wildman–Crippen MR) is 158 cm³/mol. The second-order valence-corrected chi connectivity index (χ2v) is 12.1. The van der Waals surface area contributed by atoms with E-state index >= 15 is 0 Å². The number of hydrogen-bond acceptors (Lipinski definition) is 2. The Hall–Kier alpha value is -2.49. The van der Waals surface area contributed by atoms with Crippen LogP contribution in [0.5, 0.6) is 0 Å². The third-order valence-electron chi connectivity index (χ3n) is 7.91. The van der Waals surface area contributed by atoms with Gasteiger partial charge in [-0.25, -0.2) is 0 Å². The van der Waals surface area contributed by atoms with E-state index in [1.54, 1.807) is 0 Å². The lowest BCUT2D eigenvalue weighted by Gasteiger charge is -2.35. The van der Waals surface area contributed by atoms with E-state index in [0.717, 1.165) is 0 Å². The smallest absolute Gasteiger partial charge is 0.0601 e. The molecule has 4 aromatic rings. The number of nitrogens with zero attached hydrogens (tertiary/aromatic N) is 1. The number of anilines is 3. The average molecular weight is 555 g/mol. The number of unbranched alkanes of at least 4 members (excludes halogenated alkanes) is 2. The van der Waals surface area contributed by atoms with E-state index in [-0.39, 0.29) is 5.41 Å². The lowest BCUT2D eigenvalue weighted by Crippen LogP contribution is -2.26. The Morgan fingerprint density at radius 2 is 1.25 bits per heavy atom. The van der Waals surface area contributed by atoms with Gasteiger partial charge in [-0.1, -0.05) is 104 Å². The Balaban J connectivity index is 1.57. The second kappa shape index (κ2) is 9.76. The fourth-order valence-electron chi connectivity index (χ4n) is 6.20. The van der Waals surface area contributed by atoms with Gasteiger partial charge >= 0.3 is 0 Å². The minimum Gasteiger partial charge on any atom is -0.308 e. The van der Waals surface area contributed by atoms with Crippen LogP contribution in [0.4, 0.5) is 17.1 Å². The van der Waals surface area contributed by atoms with Crippen molar-refractivity contribution in [3.05, 3.63) is 101 Å². The van der Waals surface area contributed by atoms with Crippen molar-refractivity contribution in [1.29, 1.82) is 0 Å². The van der Waals surface area contributed by atoms with Gasteiger partial charge in [-0.3, -0.25) is 0 Å². The van der Waals surface area contributed by atoms with Gasteiger partial charge in [-0.2, -0.15) is 0 Å². The average Bonchev–Trinajstić information content (AvgIpc) is 3.17. The van der Waals surface area contributed by atoms with Crippen LogP contribution in [0.15, 0.2) is 99.2 Å². The Morgan fingerprint density at radius 1 is 0.694 bits per heavy atom. The number of hydrogen-bond donors (Lipinski definition) is 0. The van der Waals surface area contributed by atoms with Crippen LogP contribution < -0.4 is 4.90 Å². The third-order valence-corrected chi connectivity index (χ3v) is 9.53. The van der Waals surface area contributed by atoms with Gasteiger partial charge in [0, 0.05) is 25.4 Å². The molecule has 4 aromatic carbocycles. The SMILES string of the molecule is CCCCC1(CCCC)c2cc(Br)ccc2-c2ccc(N3c4ccccc4Sc4ccccc43)cc21. The zero-order valence-electron chi connectivity index (χ0n) is 21.1. The molecule has 0 amide bonds. The second-order valence-electron chi connectivity index (χ2n) is 10.1. The van der Waals surface area contributed by atoms with Crippen molar-refractivity contribution in [2.75, 3.05) is 4.90 Å². The number of benzene rings is 4. The lowest BCUT2D eigenvalue weighted by atomic mass is 9.71. The molecule has 0 bridgehead atoms. The summed E-state index contributed by atoms with van der Waals surface area (Å²) < 4.78 is 1.18. The largest absolute Gasteiger partial charge is 0.308 e. The first kappa shape index (κ1) is 23.9. The van der Waals surface area contributed by atoms with Gasteiger partial charge in [-0.05, 0) is 83.6 Å². The predicted octanol–water partition coefficient (Wildman–Crippen LogP) is 11.0. The molecule has 0 spiro atoms. The number of rotatable bonds is 7. The van der Waals surface area contributed by atoms with E-state index in [1.165, 1.54) is 92.1 Å². The topological polar surface area (TPSA) is 3.24 Å². The Bertz CT molecular complexity index is 1370. The molecule has 182 valence electrons. The van der Waals surface area contributed by atoms with Crippen molar-refractivity contribution in [2.24, 2.45) is 0 Å². The summed E-state index contributed by atoms with van der Waals surface area (Å²) in [7, 11) is 0. The molecule has 0 atom stereocenters. The maximum atomic E-state index is 3.80. The first-order valence-corrected chi connectivity index (χ1v) is 14.9. The van der Waals surface area contributed by atoms with Gasteiger partial charge in [0.25, 0.3) is 0 Å². The van der Waals surface area contributed by atoms with Gasteiger partial charge < -0.3 is 4.90 Å². The fourth-order valence-corrected chi connectivity index (χ4v) is 7.62. The molecule has 0 radical (unpaired) electrons. The van der Waals surface area contributed by atoms with Crippen LogP contribution in [0.3, 0.4) is 0 Å². The summed E-state index contributed by atoms with van der Waals surface area (Å²) in [6, 6.07) is 31.8. The van der Waals surface area contributed by atoms with Crippen molar-refractivity contribution in [1.82, 2.24) is 0 Å². The summed E-state index contributed by atoms with van der Waals surface area (Å²) in [5.74, 6) is 0. The van der Waals surface area contributed by atoms with Crippen LogP contribution in [0.2, 0.25) is 0 Å². The summed E-state index contributed by atoms with van der Waals surface area (Å²) in [6.07, 6.45) is 7.32. The molecule has 1 heterocycles. The van der Waals surface area contributed by atoms with Gasteiger partial charge in [-0.15, -0.1) is 0 Å². The van der Waals surface area contributed by atoms with Crippen molar-refractivity contribution in [2.45, 2.75) is 67.6 Å². The van der Waals surface area contributed by atoms with Crippen LogP contribution in [0.1, 0.15) is 63.5 Å². The molecule has 6 rings (SSSR count). The highest BCUT2D eigenvalue weighted by molar-refractivity contribution is 9.10. The van der Waals surface area contributed by atoms with Gasteiger partial charge in [0.05, 0.1) is 11.4 Å². The molecular weight excluding hydrogens is 522 g/mol. The minimum absolute atomic E-state index is 0.0695.